The van der Waals surface area contributed by atoms with Gasteiger partial charge in [0.1, 0.15) is 17.3 Å². The van der Waals surface area contributed by atoms with Crippen molar-refractivity contribution >= 4 is 28.6 Å². The Morgan fingerprint density at radius 3 is 3.00 bits per heavy atom. The summed E-state index contributed by atoms with van der Waals surface area (Å²) in [6.45, 7) is 0.199. The van der Waals surface area contributed by atoms with Crippen molar-refractivity contribution in [3.63, 3.8) is 0 Å². The van der Waals surface area contributed by atoms with Crippen molar-refractivity contribution < 1.29 is 9.53 Å². The summed E-state index contributed by atoms with van der Waals surface area (Å²) in [6, 6.07) is 5.58. The van der Waals surface area contributed by atoms with Crippen LogP contribution in [0.1, 0.15) is 16.2 Å². The molecular formula is C14H12N2O2S2. The molecule has 3 aromatic rings. The van der Waals surface area contributed by atoms with Crippen LogP contribution < -0.4 is 0 Å². The summed E-state index contributed by atoms with van der Waals surface area (Å²) in [7, 11) is 1.81. The molecule has 102 valence electrons. The third kappa shape index (κ3) is 2.66. The molecule has 3 aromatic heterocycles. The van der Waals surface area contributed by atoms with E-state index < -0.39 is 0 Å². The van der Waals surface area contributed by atoms with Gasteiger partial charge in [-0.1, -0.05) is 0 Å². The van der Waals surface area contributed by atoms with Gasteiger partial charge in [-0.3, -0.25) is 0 Å². The zero-order valence-electron chi connectivity index (χ0n) is 10.8. The minimum atomic E-state index is -0.331. The number of carbonyl (C=O) groups is 1. The van der Waals surface area contributed by atoms with Crippen molar-refractivity contribution in [2.75, 3.05) is 0 Å². The van der Waals surface area contributed by atoms with Gasteiger partial charge in [-0.15, -0.1) is 11.3 Å². The number of hydrogen-bond donors (Lipinski definition) is 0. The molecule has 0 N–H and O–H groups in total. The van der Waals surface area contributed by atoms with Gasteiger partial charge in [0.15, 0.2) is 0 Å². The summed E-state index contributed by atoms with van der Waals surface area (Å²) >= 11 is 3.20. The first-order valence-corrected chi connectivity index (χ1v) is 7.82. The van der Waals surface area contributed by atoms with E-state index in [2.05, 4.69) is 10.4 Å². The molecule has 0 atom stereocenters. The third-order valence-corrected chi connectivity index (χ3v) is 4.45. The van der Waals surface area contributed by atoms with E-state index in [9.17, 15) is 4.79 Å². The summed E-state index contributed by atoms with van der Waals surface area (Å²) in [5.74, 6) is -0.331. The average molecular weight is 304 g/mol. The Bertz CT molecular complexity index is 713. The first kappa shape index (κ1) is 13.1. The molecule has 4 nitrogen and oxygen atoms in total. The average Bonchev–Trinajstić information content (AvgIpc) is 3.16. The van der Waals surface area contributed by atoms with Gasteiger partial charge < -0.3 is 9.30 Å². The quantitative estimate of drug-likeness (QED) is 0.692. The van der Waals surface area contributed by atoms with Gasteiger partial charge in [-0.25, -0.2) is 9.78 Å². The van der Waals surface area contributed by atoms with Crippen LogP contribution in [0.2, 0.25) is 0 Å². The number of aryl methyl sites for hydroxylation is 1. The normalized spacial score (nSPS) is 10.7. The van der Waals surface area contributed by atoms with Crippen LogP contribution in [0, 0.1) is 0 Å². The zero-order chi connectivity index (χ0) is 13.9. The number of thiazole rings is 1. The maximum Gasteiger partial charge on any atom is 0.355 e. The van der Waals surface area contributed by atoms with Crippen LogP contribution in [0.25, 0.3) is 10.6 Å². The highest BCUT2D eigenvalue weighted by Crippen LogP contribution is 2.25. The summed E-state index contributed by atoms with van der Waals surface area (Å²) < 4.78 is 7.01. The summed E-state index contributed by atoms with van der Waals surface area (Å²) in [6.07, 6.45) is 1.81. The van der Waals surface area contributed by atoms with Crippen molar-refractivity contribution in [2.45, 2.75) is 6.61 Å². The van der Waals surface area contributed by atoms with E-state index >= 15 is 0 Å². The van der Waals surface area contributed by atoms with Crippen LogP contribution in [0.3, 0.4) is 0 Å². The Hall–Kier alpha value is -1.92. The second-order valence-corrected chi connectivity index (χ2v) is 5.87. The van der Waals surface area contributed by atoms with Crippen LogP contribution in [0.4, 0.5) is 0 Å². The fourth-order valence-corrected chi connectivity index (χ4v) is 3.30. The second kappa shape index (κ2) is 5.60. The maximum absolute atomic E-state index is 11.9. The first-order valence-electron chi connectivity index (χ1n) is 5.99. The van der Waals surface area contributed by atoms with Gasteiger partial charge in [0.25, 0.3) is 0 Å². The van der Waals surface area contributed by atoms with Gasteiger partial charge in [0, 0.05) is 29.6 Å². The number of ether oxygens (including phenoxy) is 1. The van der Waals surface area contributed by atoms with E-state index in [4.69, 9.17) is 4.74 Å². The molecule has 0 aromatic carbocycles. The van der Waals surface area contributed by atoms with E-state index in [1.54, 1.807) is 33.3 Å². The van der Waals surface area contributed by atoms with Crippen LogP contribution in [0.5, 0.6) is 0 Å². The van der Waals surface area contributed by atoms with Crippen molar-refractivity contribution in [1.82, 2.24) is 9.55 Å². The molecule has 0 amide bonds. The molecule has 20 heavy (non-hydrogen) atoms. The van der Waals surface area contributed by atoms with Gasteiger partial charge in [-0.05, 0) is 23.6 Å². The minimum absolute atomic E-state index is 0.199. The number of aromatic nitrogens is 2. The SMILES string of the molecule is Cn1cccc1C(=O)OCc1csc(-c2ccsc2)n1. The Kier molecular flexibility index (Phi) is 3.66. The Balaban J connectivity index is 1.65. The lowest BCUT2D eigenvalue weighted by Gasteiger charge is -2.03. The highest BCUT2D eigenvalue weighted by atomic mass is 32.1. The van der Waals surface area contributed by atoms with Crippen LogP contribution in [-0.2, 0) is 18.4 Å². The van der Waals surface area contributed by atoms with Crippen LogP contribution in [0.15, 0.2) is 40.5 Å². The summed E-state index contributed by atoms with van der Waals surface area (Å²) in [4.78, 5) is 16.3. The molecule has 0 aliphatic carbocycles. The maximum atomic E-state index is 11.9. The Morgan fingerprint density at radius 1 is 1.40 bits per heavy atom. The van der Waals surface area contributed by atoms with Gasteiger partial charge in [-0.2, -0.15) is 11.3 Å². The molecule has 0 aliphatic rings. The molecule has 0 fully saturated rings. The van der Waals surface area contributed by atoms with E-state index in [-0.39, 0.29) is 12.6 Å². The lowest BCUT2D eigenvalue weighted by atomic mass is 10.4. The number of hydrogen-bond acceptors (Lipinski definition) is 5. The fraction of sp³-hybridized carbons (Fsp3) is 0.143. The number of rotatable bonds is 4. The minimum Gasteiger partial charge on any atom is -0.454 e. The Morgan fingerprint density at radius 2 is 2.30 bits per heavy atom. The largest absolute Gasteiger partial charge is 0.454 e. The van der Waals surface area contributed by atoms with E-state index in [1.165, 1.54) is 0 Å². The highest BCUT2D eigenvalue weighted by Gasteiger charge is 2.12. The molecule has 0 unspecified atom stereocenters. The topological polar surface area (TPSA) is 44.1 Å². The zero-order valence-corrected chi connectivity index (χ0v) is 12.4. The van der Waals surface area contributed by atoms with Crippen LogP contribution in [-0.4, -0.2) is 15.5 Å². The Labute approximate surface area is 124 Å². The molecule has 0 aliphatic heterocycles. The van der Waals surface area contributed by atoms with Crippen molar-refractivity contribution in [3.05, 3.63) is 51.9 Å². The highest BCUT2D eigenvalue weighted by molar-refractivity contribution is 7.14. The first-order chi connectivity index (χ1) is 9.74. The molecule has 6 heteroatoms. The third-order valence-electron chi connectivity index (χ3n) is 2.82. The molecule has 0 saturated carbocycles. The van der Waals surface area contributed by atoms with Gasteiger partial charge in [0.05, 0.1) is 5.69 Å². The molecule has 3 heterocycles. The molecule has 0 radical (unpaired) electrons. The lowest BCUT2D eigenvalue weighted by molar-refractivity contribution is 0.0457. The number of esters is 1. The van der Waals surface area contributed by atoms with E-state index in [1.807, 2.05) is 36.1 Å². The number of thiophene rings is 1. The molecule has 0 spiro atoms. The molecule has 3 rings (SSSR count). The van der Waals surface area contributed by atoms with E-state index in [0.29, 0.717) is 5.69 Å². The number of carbonyl (C=O) groups excluding carboxylic acids is 1. The number of nitrogens with zero attached hydrogens (tertiary/aromatic N) is 2. The fourth-order valence-electron chi connectivity index (χ4n) is 1.78. The molecular weight excluding hydrogens is 292 g/mol. The van der Waals surface area contributed by atoms with E-state index in [0.717, 1.165) is 16.3 Å². The van der Waals surface area contributed by atoms with Crippen LogP contribution >= 0.6 is 22.7 Å². The second-order valence-electron chi connectivity index (χ2n) is 4.24. The predicted octanol–water partition coefficient (Wildman–Crippen LogP) is 3.57. The summed E-state index contributed by atoms with van der Waals surface area (Å²) in [5.41, 5.74) is 2.43. The van der Waals surface area contributed by atoms with Gasteiger partial charge in [0.2, 0.25) is 0 Å². The van der Waals surface area contributed by atoms with Gasteiger partial charge >= 0.3 is 5.97 Å². The lowest BCUT2D eigenvalue weighted by Crippen LogP contribution is -2.09. The molecule has 0 saturated heterocycles. The monoisotopic (exact) mass is 304 g/mol. The smallest absolute Gasteiger partial charge is 0.355 e. The predicted molar refractivity (Wildman–Crippen MR) is 80.0 cm³/mol. The standard InChI is InChI=1S/C14H12N2O2S2/c1-16-5-2-3-12(16)14(17)18-7-11-9-20-13(15-11)10-4-6-19-8-10/h2-6,8-9H,7H2,1H3. The van der Waals surface area contributed by atoms with Crippen molar-refractivity contribution in [2.24, 2.45) is 7.05 Å². The molecule has 0 bridgehead atoms. The summed E-state index contributed by atoms with van der Waals surface area (Å²) in [5, 5.41) is 6.95. The van der Waals surface area contributed by atoms with Crippen molar-refractivity contribution in [1.29, 1.82) is 0 Å². The van der Waals surface area contributed by atoms with Crippen molar-refractivity contribution in [3.8, 4) is 10.6 Å².